The lowest BCUT2D eigenvalue weighted by molar-refractivity contribution is 0.0357. The average Bonchev–Trinajstić information content (AvgIpc) is 3.33. The molecule has 0 unspecified atom stereocenters. The molecule has 7 heteroatoms. The maximum Gasteiger partial charge on any atom is 0.289 e. The second-order valence-corrected chi connectivity index (χ2v) is 7.91. The molecule has 6 nitrogen and oxygen atoms in total. The van der Waals surface area contributed by atoms with E-state index in [2.05, 4.69) is 4.98 Å². The number of carbonyl (C=O) groups is 1. The summed E-state index contributed by atoms with van der Waals surface area (Å²) < 4.78 is 7.67. The molecule has 2 fully saturated rings. The lowest BCUT2D eigenvalue weighted by atomic mass is 9.77. The highest BCUT2D eigenvalue weighted by Crippen LogP contribution is 2.41. The fraction of sp³-hybridized carbons (Fsp3) is 0.556. The Morgan fingerprint density at radius 3 is 2.88 bits per heavy atom. The summed E-state index contributed by atoms with van der Waals surface area (Å²) in [5.41, 5.74) is 0. The molecule has 0 bridgehead atoms. The van der Waals surface area contributed by atoms with Crippen LogP contribution in [0.4, 0.5) is 0 Å². The molecule has 3 heterocycles. The van der Waals surface area contributed by atoms with Gasteiger partial charge in [-0.2, -0.15) is 11.8 Å². The SMILES string of the molecule is CSCc1ccc(C(=O)N2C[C@H]3C[C@@H](n4ccnc4)[C@H](O)C[C@H]3C2)o1. The number of fused-ring (bicyclic) bond motifs is 1. The van der Waals surface area contributed by atoms with Gasteiger partial charge >= 0.3 is 0 Å². The summed E-state index contributed by atoms with van der Waals surface area (Å²) in [6.45, 7) is 1.44. The monoisotopic (exact) mass is 361 g/mol. The smallest absolute Gasteiger partial charge is 0.289 e. The zero-order valence-corrected chi connectivity index (χ0v) is 15.1. The fourth-order valence-corrected chi connectivity index (χ4v) is 4.67. The summed E-state index contributed by atoms with van der Waals surface area (Å²) in [5, 5.41) is 10.5. The van der Waals surface area contributed by atoms with Gasteiger partial charge in [0.05, 0.1) is 24.2 Å². The molecule has 2 aromatic heterocycles. The molecule has 1 saturated heterocycles. The fourth-order valence-electron chi connectivity index (χ4n) is 4.23. The largest absolute Gasteiger partial charge is 0.455 e. The van der Waals surface area contributed by atoms with Crippen molar-refractivity contribution >= 4 is 17.7 Å². The number of thioether (sulfide) groups is 1. The van der Waals surface area contributed by atoms with Crippen molar-refractivity contribution in [3.63, 3.8) is 0 Å². The van der Waals surface area contributed by atoms with Crippen LogP contribution >= 0.6 is 11.8 Å². The lowest BCUT2D eigenvalue weighted by Crippen LogP contribution is -2.35. The number of likely N-dealkylation sites (tertiary alicyclic amines) is 1. The summed E-state index contributed by atoms with van der Waals surface area (Å²) in [4.78, 5) is 18.7. The minimum Gasteiger partial charge on any atom is -0.455 e. The maximum atomic E-state index is 12.7. The van der Waals surface area contributed by atoms with E-state index in [-0.39, 0.29) is 18.1 Å². The molecule has 0 radical (unpaired) electrons. The van der Waals surface area contributed by atoms with Crippen LogP contribution in [-0.2, 0) is 5.75 Å². The first-order chi connectivity index (χ1) is 12.2. The van der Waals surface area contributed by atoms with E-state index in [0.717, 1.165) is 30.9 Å². The number of aliphatic hydroxyl groups excluding tert-OH is 1. The first kappa shape index (κ1) is 16.7. The molecule has 1 amide bonds. The Bertz CT molecular complexity index is 730. The molecule has 0 spiro atoms. The van der Waals surface area contributed by atoms with Crippen molar-refractivity contribution in [2.45, 2.75) is 30.7 Å². The number of hydrogen-bond acceptors (Lipinski definition) is 5. The van der Waals surface area contributed by atoms with Crippen molar-refractivity contribution < 1.29 is 14.3 Å². The third kappa shape index (κ3) is 3.22. The van der Waals surface area contributed by atoms with Gasteiger partial charge in [0.15, 0.2) is 5.76 Å². The zero-order valence-electron chi connectivity index (χ0n) is 14.2. The standard InChI is InChI=1S/C18H23N3O3S/c1-25-10-14-2-3-17(24-14)18(23)21-8-12-6-15(20-5-4-19-11-20)16(22)7-13(12)9-21/h2-5,11-13,15-16,22H,6-10H2,1H3/t12-,13+,15-,16-/m1/s1. The molecule has 2 aromatic rings. The number of nitrogens with zero attached hydrogens (tertiary/aromatic N) is 3. The van der Waals surface area contributed by atoms with E-state index in [4.69, 9.17) is 4.42 Å². The molecule has 1 aliphatic carbocycles. The summed E-state index contributed by atoms with van der Waals surface area (Å²) in [6.07, 6.45) is 8.64. The normalized spacial score (nSPS) is 29.0. The molecule has 4 rings (SSSR count). The highest BCUT2D eigenvalue weighted by Gasteiger charge is 2.43. The number of aliphatic hydroxyl groups is 1. The Kier molecular flexibility index (Phi) is 4.60. The predicted octanol–water partition coefficient (Wildman–Crippen LogP) is 2.42. The highest BCUT2D eigenvalue weighted by molar-refractivity contribution is 7.97. The quantitative estimate of drug-likeness (QED) is 0.906. The second kappa shape index (κ2) is 6.88. The zero-order chi connectivity index (χ0) is 17.4. The van der Waals surface area contributed by atoms with E-state index >= 15 is 0 Å². The molecule has 1 aliphatic heterocycles. The summed E-state index contributed by atoms with van der Waals surface area (Å²) in [6, 6.07) is 3.71. The van der Waals surface area contributed by atoms with E-state index in [1.54, 1.807) is 30.4 Å². The molecule has 0 aromatic carbocycles. The Hall–Kier alpha value is -1.73. The minimum absolute atomic E-state index is 0.0320. The highest BCUT2D eigenvalue weighted by atomic mass is 32.2. The van der Waals surface area contributed by atoms with Crippen LogP contribution in [0.15, 0.2) is 35.3 Å². The minimum atomic E-state index is -0.387. The molecule has 134 valence electrons. The van der Waals surface area contributed by atoms with E-state index in [9.17, 15) is 9.90 Å². The number of carbonyl (C=O) groups excluding carboxylic acids is 1. The van der Waals surface area contributed by atoms with Gasteiger partial charge in [-0.05, 0) is 43.1 Å². The predicted molar refractivity (Wildman–Crippen MR) is 95.3 cm³/mol. The number of hydrogen-bond donors (Lipinski definition) is 1. The van der Waals surface area contributed by atoms with Gasteiger partial charge in [0, 0.05) is 25.5 Å². The average molecular weight is 361 g/mol. The van der Waals surface area contributed by atoms with Gasteiger partial charge in [-0.1, -0.05) is 0 Å². The number of furan rings is 1. The van der Waals surface area contributed by atoms with Crippen LogP contribution in [0.25, 0.3) is 0 Å². The summed E-state index contributed by atoms with van der Waals surface area (Å²) in [7, 11) is 0. The van der Waals surface area contributed by atoms with Crippen LogP contribution in [-0.4, -0.2) is 50.9 Å². The maximum absolute atomic E-state index is 12.7. The summed E-state index contributed by atoms with van der Waals surface area (Å²) >= 11 is 1.67. The topological polar surface area (TPSA) is 71.5 Å². The molecular weight excluding hydrogens is 338 g/mol. The van der Waals surface area contributed by atoms with Gasteiger partial charge in [-0.25, -0.2) is 4.98 Å². The van der Waals surface area contributed by atoms with E-state index in [0.29, 0.717) is 24.1 Å². The number of imidazole rings is 1. The van der Waals surface area contributed by atoms with Crippen molar-refractivity contribution in [3.05, 3.63) is 42.4 Å². The van der Waals surface area contributed by atoms with Crippen molar-refractivity contribution in [2.75, 3.05) is 19.3 Å². The molecule has 1 N–H and O–H groups in total. The van der Waals surface area contributed by atoms with E-state index in [1.165, 1.54) is 0 Å². The second-order valence-electron chi connectivity index (χ2n) is 7.05. The van der Waals surface area contributed by atoms with Crippen molar-refractivity contribution in [1.82, 2.24) is 14.5 Å². The van der Waals surface area contributed by atoms with Crippen LogP contribution in [0.1, 0.15) is 35.2 Å². The van der Waals surface area contributed by atoms with Gasteiger partial charge in [0.2, 0.25) is 0 Å². The van der Waals surface area contributed by atoms with Gasteiger partial charge in [-0.3, -0.25) is 4.79 Å². The Balaban J connectivity index is 1.44. The van der Waals surface area contributed by atoms with Crippen LogP contribution in [0, 0.1) is 11.8 Å². The van der Waals surface area contributed by atoms with Crippen LogP contribution in [0.2, 0.25) is 0 Å². The first-order valence-corrected chi connectivity index (χ1v) is 10.1. The van der Waals surface area contributed by atoms with E-state index in [1.807, 2.05) is 28.0 Å². The number of aromatic nitrogens is 2. The van der Waals surface area contributed by atoms with Crippen molar-refractivity contribution in [2.24, 2.45) is 11.8 Å². The van der Waals surface area contributed by atoms with Crippen molar-refractivity contribution in [3.8, 4) is 0 Å². The molecule has 4 atom stereocenters. The Morgan fingerprint density at radius 2 is 2.16 bits per heavy atom. The van der Waals surface area contributed by atoms with Crippen molar-refractivity contribution in [1.29, 1.82) is 0 Å². The summed E-state index contributed by atoms with van der Waals surface area (Å²) in [5.74, 6) is 2.78. The molecule has 1 saturated carbocycles. The molecular formula is C18H23N3O3S. The number of rotatable bonds is 4. The Morgan fingerprint density at radius 1 is 1.36 bits per heavy atom. The lowest BCUT2D eigenvalue weighted by Gasteiger charge is -2.35. The van der Waals surface area contributed by atoms with Gasteiger partial charge in [-0.15, -0.1) is 0 Å². The first-order valence-electron chi connectivity index (χ1n) is 8.68. The van der Waals surface area contributed by atoms with Crippen LogP contribution in [0.3, 0.4) is 0 Å². The van der Waals surface area contributed by atoms with Crippen LogP contribution in [0.5, 0.6) is 0 Å². The molecule has 2 aliphatic rings. The van der Waals surface area contributed by atoms with Gasteiger partial charge in [0.25, 0.3) is 5.91 Å². The van der Waals surface area contributed by atoms with Gasteiger partial charge < -0.3 is 19.0 Å². The molecule has 25 heavy (non-hydrogen) atoms. The van der Waals surface area contributed by atoms with E-state index < -0.39 is 0 Å². The third-order valence-electron chi connectivity index (χ3n) is 5.46. The van der Waals surface area contributed by atoms with Crippen LogP contribution < -0.4 is 0 Å². The van der Waals surface area contributed by atoms with Gasteiger partial charge in [0.1, 0.15) is 5.76 Å². The number of amides is 1. The third-order valence-corrected chi connectivity index (χ3v) is 6.04. The Labute approximate surface area is 151 Å².